The molecule has 3 N–H and O–H groups in total. The van der Waals surface area contributed by atoms with E-state index in [1.807, 2.05) is 12.2 Å². The molecule has 7 atom stereocenters. The first-order valence-corrected chi connectivity index (χ1v) is 15.1. The van der Waals surface area contributed by atoms with Crippen molar-refractivity contribution >= 4 is 5.78 Å². The van der Waals surface area contributed by atoms with Gasteiger partial charge in [0.05, 0.1) is 18.3 Å². The van der Waals surface area contributed by atoms with Crippen molar-refractivity contribution in [2.45, 2.75) is 116 Å². The van der Waals surface area contributed by atoms with Crippen LogP contribution in [0.25, 0.3) is 0 Å². The van der Waals surface area contributed by atoms with E-state index < -0.39 is 18.3 Å². The van der Waals surface area contributed by atoms with E-state index in [0.29, 0.717) is 37.0 Å². The fraction of sp³-hybridized carbons (Fsp3) is 0.676. The number of hydrogen-bond acceptors (Lipinski definition) is 4. The Kier molecular flexibility index (Phi) is 9.38. The van der Waals surface area contributed by atoms with E-state index in [1.54, 1.807) is 6.08 Å². The third-order valence-corrected chi connectivity index (χ3v) is 10.3. The van der Waals surface area contributed by atoms with E-state index in [0.717, 1.165) is 43.3 Å². The fourth-order valence-electron chi connectivity index (χ4n) is 7.61. The van der Waals surface area contributed by atoms with Gasteiger partial charge in [0.1, 0.15) is 0 Å². The first-order chi connectivity index (χ1) is 18.1. The molecule has 0 unspecified atom stereocenters. The normalized spacial score (nSPS) is 36.7. The van der Waals surface area contributed by atoms with Gasteiger partial charge in [-0.2, -0.15) is 0 Å². The van der Waals surface area contributed by atoms with Gasteiger partial charge < -0.3 is 15.3 Å². The lowest BCUT2D eigenvalue weighted by atomic mass is 9.61. The van der Waals surface area contributed by atoms with Gasteiger partial charge in [0.25, 0.3) is 0 Å². The molecule has 0 bridgehead atoms. The van der Waals surface area contributed by atoms with Crippen LogP contribution in [-0.4, -0.2) is 39.4 Å². The summed E-state index contributed by atoms with van der Waals surface area (Å²) in [4.78, 5) is 12.1. The predicted molar refractivity (Wildman–Crippen MR) is 154 cm³/mol. The van der Waals surface area contributed by atoms with Crippen LogP contribution in [0.4, 0.5) is 0 Å². The average Bonchev–Trinajstić information content (AvgIpc) is 3.60. The Morgan fingerprint density at radius 3 is 2.63 bits per heavy atom. The maximum atomic E-state index is 12.1. The van der Waals surface area contributed by atoms with Crippen LogP contribution in [-0.2, 0) is 4.79 Å². The van der Waals surface area contributed by atoms with Crippen molar-refractivity contribution < 1.29 is 20.1 Å². The number of fused-ring (bicyclic) bond motifs is 1. The zero-order chi connectivity index (χ0) is 27.5. The van der Waals surface area contributed by atoms with Gasteiger partial charge in [-0.05, 0) is 98.2 Å². The lowest BCUT2D eigenvalue weighted by Gasteiger charge is -2.44. The van der Waals surface area contributed by atoms with Gasteiger partial charge in [-0.15, -0.1) is 0 Å². The highest BCUT2D eigenvalue weighted by molar-refractivity contribution is 5.89. The third kappa shape index (κ3) is 6.35. The summed E-state index contributed by atoms with van der Waals surface area (Å²) in [5, 5.41) is 31.3. The highest BCUT2D eigenvalue weighted by atomic mass is 16.3. The maximum Gasteiger partial charge on any atom is 0.155 e. The first-order valence-electron chi connectivity index (χ1n) is 15.1. The van der Waals surface area contributed by atoms with Crippen LogP contribution < -0.4 is 0 Å². The van der Waals surface area contributed by atoms with Crippen LogP contribution in [0.15, 0.2) is 59.8 Å². The third-order valence-electron chi connectivity index (χ3n) is 10.3. The molecule has 38 heavy (non-hydrogen) atoms. The van der Waals surface area contributed by atoms with Gasteiger partial charge in [0.2, 0.25) is 0 Å². The summed E-state index contributed by atoms with van der Waals surface area (Å²) in [5.74, 6) is 1.68. The Morgan fingerprint density at radius 2 is 1.92 bits per heavy atom. The zero-order valence-electron chi connectivity index (χ0n) is 23.9. The van der Waals surface area contributed by atoms with Gasteiger partial charge in [0, 0.05) is 18.3 Å². The van der Waals surface area contributed by atoms with Gasteiger partial charge in [-0.25, -0.2) is 0 Å². The maximum absolute atomic E-state index is 12.1. The number of carbonyl (C=O) groups is 1. The molecule has 0 spiro atoms. The molecule has 0 aromatic carbocycles. The topological polar surface area (TPSA) is 77.8 Å². The molecule has 4 heteroatoms. The van der Waals surface area contributed by atoms with E-state index in [4.69, 9.17) is 0 Å². The molecule has 0 saturated heterocycles. The van der Waals surface area contributed by atoms with Gasteiger partial charge >= 0.3 is 0 Å². The molecule has 0 heterocycles. The molecule has 4 rings (SSSR count). The Balaban J connectivity index is 1.41. The Labute approximate surface area is 230 Å². The number of allylic oxidation sites excluding steroid dienone is 5. The Bertz CT molecular complexity index is 996. The van der Waals surface area contributed by atoms with E-state index in [-0.39, 0.29) is 16.6 Å². The lowest BCUT2D eigenvalue weighted by Crippen LogP contribution is -2.35. The summed E-state index contributed by atoms with van der Waals surface area (Å²) < 4.78 is 0. The highest BCUT2D eigenvalue weighted by Crippen LogP contribution is 2.59. The molecule has 4 aliphatic carbocycles. The van der Waals surface area contributed by atoms with E-state index in [1.165, 1.54) is 31.3 Å². The van der Waals surface area contributed by atoms with Crippen LogP contribution in [0.3, 0.4) is 0 Å². The van der Waals surface area contributed by atoms with Crippen LogP contribution in [0, 0.1) is 28.6 Å². The number of aliphatic hydroxyl groups excluding tert-OH is 3. The largest absolute Gasteiger partial charge is 0.393 e. The molecule has 0 amide bonds. The minimum absolute atomic E-state index is 0.171. The van der Waals surface area contributed by atoms with Crippen molar-refractivity contribution in [3.63, 3.8) is 0 Å². The fourth-order valence-corrected chi connectivity index (χ4v) is 7.61. The summed E-state index contributed by atoms with van der Waals surface area (Å²) in [6.45, 7) is 10.9. The smallest absolute Gasteiger partial charge is 0.155 e. The van der Waals surface area contributed by atoms with Crippen molar-refractivity contribution in [3.8, 4) is 0 Å². The van der Waals surface area contributed by atoms with Crippen LogP contribution in [0.2, 0.25) is 0 Å². The van der Waals surface area contributed by atoms with Gasteiger partial charge in [0.15, 0.2) is 5.78 Å². The van der Waals surface area contributed by atoms with Crippen molar-refractivity contribution in [2.24, 2.45) is 28.6 Å². The Hall–Kier alpha value is -1.75. The number of aliphatic hydroxyl groups is 3. The van der Waals surface area contributed by atoms with Gasteiger partial charge in [-0.3, -0.25) is 4.79 Å². The van der Waals surface area contributed by atoms with Gasteiger partial charge in [-0.1, -0.05) is 69.7 Å². The molecular weight excluding hydrogens is 472 g/mol. The summed E-state index contributed by atoms with van der Waals surface area (Å²) in [5.41, 5.74) is 3.22. The second-order valence-electron chi connectivity index (χ2n) is 13.0. The SMILES string of the molecule is C=C1C(=CC=C2CCC[C@]3(C)[C@@H]([C@H](C)C=C[C@@H](O)C4(C=CC(=O)CCCC)CC4)CC[C@@H]23)C[C@@H](O)C[C@@H]1O. The molecular formula is C34H50O4. The molecule has 4 aliphatic rings. The summed E-state index contributed by atoms with van der Waals surface area (Å²) >= 11 is 0. The van der Waals surface area contributed by atoms with Crippen LogP contribution in [0.5, 0.6) is 0 Å². The van der Waals surface area contributed by atoms with E-state index in [9.17, 15) is 20.1 Å². The van der Waals surface area contributed by atoms with Crippen molar-refractivity contribution in [3.05, 3.63) is 59.8 Å². The molecule has 0 aliphatic heterocycles. The lowest BCUT2D eigenvalue weighted by molar-refractivity contribution is -0.114. The molecule has 4 saturated carbocycles. The molecule has 4 fully saturated rings. The monoisotopic (exact) mass is 522 g/mol. The molecule has 210 valence electrons. The number of rotatable bonds is 10. The van der Waals surface area contributed by atoms with E-state index >= 15 is 0 Å². The first kappa shape index (κ1) is 29.2. The quantitative estimate of drug-likeness (QED) is 0.218. The molecule has 0 radical (unpaired) electrons. The summed E-state index contributed by atoms with van der Waals surface area (Å²) in [6.07, 6.45) is 21.9. The van der Waals surface area contributed by atoms with Crippen molar-refractivity contribution in [2.75, 3.05) is 0 Å². The number of ketones is 1. The minimum atomic E-state index is -0.648. The number of carbonyl (C=O) groups excluding carboxylic acids is 1. The van der Waals surface area contributed by atoms with Crippen molar-refractivity contribution in [1.29, 1.82) is 0 Å². The number of unbranched alkanes of at least 4 members (excludes halogenated alkanes) is 1. The molecule has 0 aromatic rings. The molecule has 0 aromatic heterocycles. The van der Waals surface area contributed by atoms with Crippen LogP contribution >= 0.6 is 0 Å². The minimum Gasteiger partial charge on any atom is -0.393 e. The highest BCUT2D eigenvalue weighted by Gasteiger charge is 2.50. The second kappa shape index (κ2) is 12.2. The summed E-state index contributed by atoms with van der Waals surface area (Å²) in [6, 6.07) is 0. The van der Waals surface area contributed by atoms with Crippen LogP contribution in [0.1, 0.15) is 97.8 Å². The second-order valence-corrected chi connectivity index (χ2v) is 13.0. The zero-order valence-corrected chi connectivity index (χ0v) is 23.9. The number of hydrogen-bond donors (Lipinski definition) is 3. The predicted octanol–water partition coefficient (Wildman–Crippen LogP) is 6.78. The Morgan fingerprint density at radius 1 is 1.16 bits per heavy atom. The molecule has 4 nitrogen and oxygen atoms in total. The van der Waals surface area contributed by atoms with E-state index in [2.05, 4.69) is 45.6 Å². The van der Waals surface area contributed by atoms with Crippen molar-refractivity contribution in [1.82, 2.24) is 0 Å². The summed E-state index contributed by atoms with van der Waals surface area (Å²) in [7, 11) is 0. The standard InChI is InChI=1S/C34H50O4/c1-5-6-9-27(35)16-18-34(19-20-34)32(38)15-10-23(2)29-13-14-30-25(8-7-17-33(29,30)4)11-12-26-21-28(36)22-31(37)24(26)3/h10-12,15-16,18,23,28-32,36-38H,3,5-9,13-14,17,19-22H2,1-2,4H3/t23-,28-,29-,30+,31+,32-,33-/m1/s1. The average molecular weight is 523 g/mol.